The van der Waals surface area contributed by atoms with Gasteiger partial charge in [-0.1, -0.05) is 12.1 Å². The second-order valence-electron chi connectivity index (χ2n) is 7.71. The molecular weight excluding hydrogens is 394 g/mol. The molecule has 3 amide bonds. The highest BCUT2D eigenvalue weighted by Crippen LogP contribution is 2.31. The third-order valence-corrected chi connectivity index (χ3v) is 5.43. The topological polar surface area (TPSA) is 78.9 Å². The van der Waals surface area contributed by atoms with Gasteiger partial charge in [0.05, 0.1) is 6.54 Å². The van der Waals surface area contributed by atoms with Gasteiger partial charge in [0.15, 0.2) is 0 Å². The third kappa shape index (κ3) is 3.87. The largest absolute Gasteiger partial charge is 0.490 e. The molecule has 30 heavy (non-hydrogen) atoms. The van der Waals surface area contributed by atoms with Crippen LogP contribution in [0.1, 0.15) is 29.2 Å². The van der Waals surface area contributed by atoms with E-state index < -0.39 is 35.2 Å². The predicted molar refractivity (Wildman–Crippen MR) is 106 cm³/mol. The fourth-order valence-electron chi connectivity index (χ4n) is 3.52. The van der Waals surface area contributed by atoms with Crippen LogP contribution in [0.2, 0.25) is 0 Å². The second kappa shape index (κ2) is 8.02. The molecule has 2 atom stereocenters. The van der Waals surface area contributed by atoms with Gasteiger partial charge in [-0.15, -0.1) is 0 Å². The summed E-state index contributed by atoms with van der Waals surface area (Å²) < 4.78 is 33.5. The van der Waals surface area contributed by atoms with Gasteiger partial charge in [0.2, 0.25) is 0 Å². The number of aliphatic hydroxyl groups excluding tert-OH is 1. The highest BCUT2D eigenvalue weighted by molar-refractivity contribution is 6.07. The van der Waals surface area contributed by atoms with Crippen molar-refractivity contribution in [3.8, 4) is 5.75 Å². The maximum Gasteiger partial charge on any atom is 0.325 e. The first-order valence-electron chi connectivity index (χ1n) is 9.52. The molecule has 160 valence electrons. The van der Waals surface area contributed by atoms with Gasteiger partial charge < -0.3 is 15.2 Å². The summed E-state index contributed by atoms with van der Waals surface area (Å²) in [5, 5.41) is 12.8. The average molecular weight is 418 g/mol. The number of carbonyl (C=O) groups excluding carboxylic acids is 2. The number of amides is 3. The molecule has 0 aromatic heterocycles. The summed E-state index contributed by atoms with van der Waals surface area (Å²) in [6.07, 6.45) is -1.17. The highest BCUT2D eigenvalue weighted by Gasteiger charge is 2.50. The van der Waals surface area contributed by atoms with Gasteiger partial charge in [-0.05, 0) is 62.6 Å². The first kappa shape index (κ1) is 21.7. The number of rotatable bonds is 6. The lowest BCUT2D eigenvalue weighted by Crippen LogP contribution is -2.43. The van der Waals surface area contributed by atoms with Crippen molar-refractivity contribution < 1.29 is 28.2 Å². The monoisotopic (exact) mass is 418 g/mol. The maximum absolute atomic E-state index is 14.2. The Morgan fingerprint density at radius 3 is 2.50 bits per heavy atom. The minimum absolute atomic E-state index is 0.146. The van der Waals surface area contributed by atoms with Gasteiger partial charge in [-0.3, -0.25) is 9.69 Å². The van der Waals surface area contributed by atoms with Crippen LogP contribution in [-0.4, -0.2) is 41.2 Å². The van der Waals surface area contributed by atoms with Crippen molar-refractivity contribution in [2.24, 2.45) is 0 Å². The Kier molecular flexibility index (Phi) is 5.81. The van der Waals surface area contributed by atoms with E-state index in [0.717, 1.165) is 39.8 Å². The van der Waals surface area contributed by atoms with Crippen molar-refractivity contribution in [1.82, 2.24) is 10.2 Å². The van der Waals surface area contributed by atoms with E-state index in [4.69, 9.17) is 4.74 Å². The maximum atomic E-state index is 14.2. The van der Waals surface area contributed by atoms with Crippen LogP contribution in [0.15, 0.2) is 30.3 Å². The van der Waals surface area contributed by atoms with Gasteiger partial charge in [0.1, 0.15) is 35.6 Å². The lowest BCUT2D eigenvalue weighted by molar-refractivity contribution is -0.132. The molecule has 0 aliphatic carbocycles. The van der Waals surface area contributed by atoms with E-state index in [1.165, 1.54) is 6.92 Å². The molecule has 2 N–H and O–H groups in total. The summed E-state index contributed by atoms with van der Waals surface area (Å²) in [5.41, 5.74) is 0.820. The molecule has 0 radical (unpaired) electrons. The molecule has 1 aliphatic heterocycles. The Morgan fingerprint density at radius 2 is 1.80 bits per heavy atom. The van der Waals surface area contributed by atoms with Gasteiger partial charge in [-0.25, -0.2) is 13.6 Å². The number of hydrogen-bond donors (Lipinski definition) is 2. The molecule has 0 bridgehead atoms. The summed E-state index contributed by atoms with van der Waals surface area (Å²) in [4.78, 5) is 26.0. The van der Waals surface area contributed by atoms with E-state index in [2.05, 4.69) is 5.32 Å². The van der Waals surface area contributed by atoms with E-state index in [9.17, 15) is 23.5 Å². The average Bonchev–Trinajstić information content (AvgIpc) is 2.90. The van der Waals surface area contributed by atoms with Crippen LogP contribution in [0.5, 0.6) is 5.75 Å². The number of nitrogens with one attached hydrogen (secondary N) is 1. The number of benzene rings is 2. The fraction of sp³-hybridized carbons (Fsp3) is 0.364. The van der Waals surface area contributed by atoms with Crippen LogP contribution >= 0.6 is 0 Å². The van der Waals surface area contributed by atoms with Crippen LogP contribution in [0, 0.1) is 32.4 Å². The van der Waals surface area contributed by atoms with E-state index in [1.54, 1.807) is 0 Å². The van der Waals surface area contributed by atoms with Crippen LogP contribution in [-0.2, 0) is 10.3 Å². The van der Waals surface area contributed by atoms with Crippen molar-refractivity contribution in [2.75, 3.05) is 13.2 Å². The lowest BCUT2D eigenvalue weighted by atomic mass is 9.91. The number of hydrogen-bond acceptors (Lipinski definition) is 4. The van der Waals surface area contributed by atoms with Crippen LogP contribution in [0.3, 0.4) is 0 Å². The normalized spacial score (nSPS) is 19.8. The first-order chi connectivity index (χ1) is 14.0. The molecule has 8 heteroatoms. The van der Waals surface area contributed by atoms with Gasteiger partial charge in [0, 0.05) is 5.56 Å². The predicted octanol–water partition coefficient (Wildman–Crippen LogP) is 3.10. The standard InChI is InChI=1S/C22H24F2N2O4/c1-12-5-6-13(2)19(14(12)3)30-11-16(27)10-26-20(28)22(4,25-21(26)29)17-9-15(23)7-8-18(17)24/h5-9,16,27H,10-11H2,1-4H3,(H,25,29)/t16-,22+/m1/s1. The van der Waals surface area contributed by atoms with E-state index >= 15 is 0 Å². The molecule has 2 aromatic carbocycles. The molecule has 0 spiro atoms. The van der Waals surface area contributed by atoms with Crippen molar-refractivity contribution in [3.63, 3.8) is 0 Å². The van der Waals surface area contributed by atoms with Gasteiger partial charge in [0.25, 0.3) is 5.91 Å². The Labute approximate surface area is 173 Å². The molecule has 1 aliphatic rings. The third-order valence-electron chi connectivity index (χ3n) is 5.43. The first-order valence-corrected chi connectivity index (χ1v) is 9.52. The Hall–Kier alpha value is -3.00. The van der Waals surface area contributed by atoms with Gasteiger partial charge in [-0.2, -0.15) is 0 Å². The summed E-state index contributed by atoms with van der Waals surface area (Å²) >= 11 is 0. The molecular formula is C22H24F2N2O4. The van der Waals surface area contributed by atoms with Crippen molar-refractivity contribution >= 4 is 11.9 Å². The van der Waals surface area contributed by atoms with Crippen molar-refractivity contribution in [1.29, 1.82) is 0 Å². The molecule has 0 unspecified atom stereocenters. The number of aliphatic hydroxyl groups is 1. The minimum atomic E-state index is -1.77. The second-order valence-corrected chi connectivity index (χ2v) is 7.71. The number of imide groups is 1. The number of urea groups is 1. The zero-order chi connectivity index (χ0) is 22.2. The van der Waals surface area contributed by atoms with Crippen molar-refractivity contribution in [2.45, 2.75) is 39.3 Å². The molecule has 1 saturated heterocycles. The zero-order valence-corrected chi connectivity index (χ0v) is 17.3. The Bertz CT molecular complexity index is 1010. The fourth-order valence-corrected chi connectivity index (χ4v) is 3.52. The number of β-amino-alcohol motifs (C(OH)–C–C–N with tert-alkyl or cyclic N) is 1. The minimum Gasteiger partial charge on any atom is -0.490 e. The van der Waals surface area contributed by atoms with E-state index in [0.29, 0.717) is 5.75 Å². The number of nitrogens with zero attached hydrogens (tertiary/aromatic N) is 1. The smallest absolute Gasteiger partial charge is 0.325 e. The molecule has 2 aromatic rings. The van der Waals surface area contributed by atoms with Crippen molar-refractivity contribution in [3.05, 3.63) is 64.2 Å². The molecule has 3 rings (SSSR count). The number of ether oxygens (including phenoxy) is 1. The van der Waals surface area contributed by atoms with Crippen LogP contribution in [0.25, 0.3) is 0 Å². The zero-order valence-electron chi connectivity index (χ0n) is 17.3. The highest BCUT2D eigenvalue weighted by atomic mass is 19.1. The Balaban J connectivity index is 1.73. The van der Waals surface area contributed by atoms with Crippen LogP contribution in [0.4, 0.5) is 13.6 Å². The quantitative estimate of drug-likeness (QED) is 0.707. The summed E-state index contributed by atoms with van der Waals surface area (Å²) in [7, 11) is 0. The summed E-state index contributed by atoms with van der Waals surface area (Å²) in [5.74, 6) is -1.69. The van der Waals surface area contributed by atoms with Crippen LogP contribution < -0.4 is 10.1 Å². The lowest BCUT2D eigenvalue weighted by Gasteiger charge is -2.24. The van der Waals surface area contributed by atoms with E-state index in [-0.39, 0.29) is 18.7 Å². The van der Waals surface area contributed by atoms with Gasteiger partial charge >= 0.3 is 6.03 Å². The number of halogens is 2. The summed E-state index contributed by atoms with van der Waals surface area (Å²) in [6.45, 7) is 6.53. The number of aryl methyl sites for hydroxylation is 2. The SMILES string of the molecule is Cc1ccc(C)c(OC[C@H](O)CN2C(=O)N[C@@](C)(c3cc(F)ccc3F)C2=O)c1C. The number of carbonyl (C=O) groups is 2. The molecule has 0 saturated carbocycles. The van der Waals surface area contributed by atoms with E-state index in [1.807, 2.05) is 32.9 Å². The Morgan fingerprint density at radius 1 is 1.13 bits per heavy atom. The summed E-state index contributed by atoms with van der Waals surface area (Å²) in [6, 6.07) is 5.77. The molecule has 1 fully saturated rings. The molecule has 1 heterocycles. The molecule has 6 nitrogen and oxygen atoms in total.